The molecule has 0 saturated carbocycles. The predicted octanol–water partition coefficient (Wildman–Crippen LogP) is 2.27. The summed E-state index contributed by atoms with van der Waals surface area (Å²) in [6.45, 7) is 9.91. The molecule has 1 saturated heterocycles. The molecular formula is C22H34N4O5. The largest absolute Gasteiger partial charge is 0.481 e. The molecule has 1 aromatic rings. The fraction of sp³-hybridized carbons (Fsp3) is 0.682. The average Bonchev–Trinajstić information content (AvgIpc) is 2.99. The fourth-order valence-corrected chi connectivity index (χ4v) is 4.57. The molecule has 4 atom stereocenters. The normalized spacial score (nSPS) is 28.2. The van der Waals surface area contributed by atoms with Gasteiger partial charge in [0, 0.05) is 30.6 Å². The van der Waals surface area contributed by atoms with Crippen LogP contribution in [0, 0.1) is 5.92 Å². The van der Waals surface area contributed by atoms with Crippen LogP contribution in [0.5, 0.6) is 0 Å². The average molecular weight is 435 g/mol. The first kappa shape index (κ1) is 23.1. The number of aliphatic carboxylic acids is 1. The molecule has 2 aliphatic rings. The van der Waals surface area contributed by atoms with Gasteiger partial charge in [0.15, 0.2) is 0 Å². The van der Waals surface area contributed by atoms with Crippen molar-refractivity contribution in [3.05, 3.63) is 17.5 Å². The molecule has 1 fully saturated rings. The monoisotopic (exact) mass is 434 g/mol. The van der Waals surface area contributed by atoms with Crippen molar-refractivity contribution >= 4 is 23.4 Å². The zero-order chi connectivity index (χ0) is 23.1. The number of carboxylic acid groups (broad SMARTS) is 1. The van der Waals surface area contributed by atoms with E-state index in [-0.39, 0.29) is 18.3 Å². The van der Waals surface area contributed by atoms with E-state index in [2.05, 4.69) is 15.2 Å². The van der Waals surface area contributed by atoms with Crippen molar-refractivity contribution < 1.29 is 24.5 Å². The topological polar surface area (TPSA) is 138 Å². The molecule has 9 nitrogen and oxygen atoms in total. The van der Waals surface area contributed by atoms with Crippen LogP contribution in [0.4, 0.5) is 16.2 Å². The van der Waals surface area contributed by atoms with Crippen LogP contribution >= 0.6 is 0 Å². The first-order valence-corrected chi connectivity index (χ1v) is 10.8. The molecule has 31 heavy (non-hydrogen) atoms. The zero-order valence-corrected chi connectivity index (χ0v) is 18.9. The van der Waals surface area contributed by atoms with E-state index >= 15 is 0 Å². The van der Waals surface area contributed by atoms with Crippen molar-refractivity contribution in [2.45, 2.75) is 77.0 Å². The Morgan fingerprint density at radius 2 is 2.06 bits per heavy atom. The van der Waals surface area contributed by atoms with E-state index in [1.54, 1.807) is 33.9 Å². The van der Waals surface area contributed by atoms with E-state index in [0.717, 1.165) is 16.9 Å². The number of aromatic nitrogens is 1. The van der Waals surface area contributed by atoms with Gasteiger partial charge < -0.3 is 30.9 Å². The van der Waals surface area contributed by atoms with Crippen molar-refractivity contribution in [3.8, 4) is 0 Å². The van der Waals surface area contributed by atoms with Crippen LogP contribution in [0.1, 0.15) is 64.6 Å². The van der Waals surface area contributed by atoms with E-state index in [1.807, 2.05) is 6.92 Å². The van der Waals surface area contributed by atoms with Crippen LogP contribution in [0.25, 0.3) is 0 Å². The number of alkyl carbamates (subject to hydrolysis) is 1. The minimum absolute atomic E-state index is 0.0390. The number of nitrogens with one attached hydrogen (secondary N) is 1. The number of nitrogen functional groups attached to an aromatic ring is 1. The van der Waals surface area contributed by atoms with Gasteiger partial charge in [-0.25, -0.2) is 4.79 Å². The summed E-state index contributed by atoms with van der Waals surface area (Å²) in [6, 6.07) is -0.578. The number of carboxylic acids is 1. The lowest BCUT2D eigenvalue weighted by molar-refractivity contribution is -0.137. The molecule has 2 unspecified atom stereocenters. The number of carbonyl (C=O) groups excluding carboxylic acids is 1. The Morgan fingerprint density at radius 3 is 2.68 bits per heavy atom. The molecular weight excluding hydrogens is 400 g/mol. The first-order chi connectivity index (χ1) is 14.3. The van der Waals surface area contributed by atoms with Gasteiger partial charge in [0.05, 0.1) is 35.6 Å². The summed E-state index contributed by atoms with van der Waals surface area (Å²) in [5, 5.41) is 23.2. The number of carbonyl (C=O) groups is 2. The minimum Gasteiger partial charge on any atom is -0.481 e. The Kier molecular flexibility index (Phi) is 6.10. The quantitative estimate of drug-likeness (QED) is 0.566. The summed E-state index contributed by atoms with van der Waals surface area (Å²) >= 11 is 0. The van der Waals surface area contributed by atoms with E-state index in [0.29, 0.717) is 31.6 Å². The molecule has 1 aliphatic carbocycles. The summed E-state index contributed by atoms with van der Waals surface area (Å²) in [6.07, 6.45) is 2.46. The highest BCUT2D eigenvalue weighted by atomic mass is 16.6. The van der Waals surface area contributed by atoms with Crippen LogP contribution < -0.4 is 16.0 Å². The van der Waals surface area contributed by atoms with Crippen LogP contribution in [0.2, 0.25) is 0 Å². The smallest absolute Gasteiger partial charge is 0.408 e. The highest BCUT2D eigenvalue weighted by molar-refractivity contribution is 5.75. The molecule has 9 heteroatoms. The number of anilines is 2. The number of hydrogen-bond donors (Lipinski definition) is 4. The number of pyridine rings is 1. The number of piperidine rings is 1. The molecule has 3 rings (SSSR count). The Morgan fingerprint density at radius 1 is 1.39 bits per heavy atom. The van der Waals surface area contributed by atoms with Gasteiger partial charge in [0.25, 0.3) is 0 Å². The summed E-state index contributed by atoms with van der Waals surface area (Å²) in [5.41, 5.74) is 7.63. The van der Waals surface area contributed by atoms with Crippen molar-refractivity contribution in [3.63, 3.8) is 0 Å². The fourth-order valence-electron chi connectivity index (χ4n) is 4.57. The van der Waals surface area contributed by atoms with E-state index in [1.165, 1.54) is 0 Å². The van der Waals surface area contributed by atoms with Gasteiger partial charge in [0.2, 0.25) is 0 Å². The highest BCUT2D eigenvalue weighted by Crippen LogP contribution is 2.43. The maximum atomic E-state index is 12.4. The first-order valence-electron chi connectivity index (χ1n) is 10.8. The van der Waals surface area contributed by atoms with Crippen molar-refractivity contribution in [2.75, 3.05) is 23.7 Å². The van der Waals surface area contributed by atoms with Crippen LogP contribution in [0.3, 0.4) is 0 Å². The number of amides is 1. The van der Waals surface area contributed by atoms with E-state index < -0.39 is 29.3 Å². The Bertz CT molecular complexity index is 864. The zero-order valence-electron chi connectivity index (χ0n) is 18.9. The van der Waals surface area contributed by atoms with Crippen LogP contribution in [0.15, 0.2) is 6.20 Å². The maximum absolute atomic E-state index is 12.4. The number of rotatable bonds is 4. The van der Waals surface area contributed by atoms with Crippen LogP contribution in [-0.4, -0.2) is 57.6 Å². The standard InChI is InChI=1S/C22H34N4O5/c1-12-10-26(11-16(22(12,5)30)25-20(29)31-21(2,3)4)19-14-7-6-13(8-17(27)28)18(14)24-9-15(19)23/h9,12-13,16,30H,6-8,10-11,23H2,1-5H3,(H,25,29)(H,27,28)/t12-,13?,16+,22?/m0/s1. The lowest BCUT2D eigenvalue weighted by Crippen LogP contribution is -2.65. The molecule has 1 aliphatic heterocycles. The third-order valence-corrected chi connectivity index (χ3v) is 6.37. The Hall–Kier alpha value is -2.55. The van der Waals surface area contributed by atoms with Gasteiger partial charge >= 0.3 is 12.1 Å². The van der Waals surface area contributed by atoms with Crippen molar-refractivity contribution in [1.82, 2.24) is 10.3 Å². The number of hydrogen-bond acceptors (Lipinski definition) is 7. The number of nitrogens with two attached hydrogens (primary N) is 1. The summed E-state index contributed by atoms with van der Waals surface area (Å²) in [7, 11) is 0. The number of ether oxygens (including phenoxy) is 1. The number of nitrogens with zero attached hydrogens (tertiary/aromatic N) is 2. The van der Waals surface area contributed by atoms with Gasteiger partial charge in [-0.15, -0.1) is 0 Å². The summed E-state index contributed by atoms with van der Waals surface area (Å²) < 4.78 is 5.39. The lowest BCUT2D eigenvalue weighted by Gasteiger charge is -2.48. The molecule has 1 amide bonds. The molecule has 1 aromatic heterocycles. The van der Waals surface area contributed by atoms with E-state index in [9.17, 15) is 19.8 Å². The summed E-state index contributed by atoms with van der Waals surface area (Å²) in [4.78, 5) is 30.2. The van der Waals surface area contributed by atoms with Crippen molar-refractivity contribution in [1.29, 1.82) is 0 Å². The molecule has 172 valence electrons. The van der Waals surface area contributed by atoms with Gasteiger partial charge in [-0.1, -0.05) is 6.92 Å². The second-order valence-corrected chi connectivity index (χ2v) is 9.99. The predicted molar refractivity (Wildman–Crippen MR) is 117 cm³/mol. The third-order valence-electron chi connectivity index (χ3n) is 6.37. The number of fused-ring (bicyclic) bond motifs is 1. The Balaban J connectivity index is 1.89. The molecule has 2 heterocycles. The van der Waals surface area contributed by atoms with Gasteiger partial charge in [0.1, 0.15) is 5.60 Å². The molecule has 0 bridgehead atoms. The SMILES string of the molecule is C[C@H]1CN(c2c(N)cnc3c2CCC3CC(=O)O)C[C@@H](NC(=O)OC(C)(C)C)C1(C)O. The second-order valence-electron chi connectivity index (χ2n) is 9.99. The van der Waals surface area contributed by atoms with Gasteiger partial charge in [-0.2, -0.15) is 0 Å². The van der Waals surface area contributed by atoms with Crippen LogP contribution in [-0.2, 0) is 16.0 Å². The molecule has 5 N–H and O–H groups in total. The summed E-state index contributed by atoms with van der Waals surface area (Å²) in [5.74, 6) is -1.14. The maximum Gasteiger partial charge on any atom is 0.408 e. The third kappa shape index (κ3) is 4.87. The highest BCUT2D eigenvalue weighted by Gasteiger charge is 2.45. The Labute approximate surface area is 183 Å². The minimum atomic E-state index is -1.13. The van der Waals surface area contributed by atoms with Gasteiger partial charge in [-0.05, 0) is 46.1 Å². The molecule has 0 spiro atoms. The van der Waals surface area contributed by atoms with Gasteiger partial charge in [-0.3, -0.25) is 9.78 Å². The molecule has 0 radical (unpaired) electrons. The van der Waals surface area contributed by atoms with E-state index in [4.69, 9.17) is 10.5 Å². The van der Waals surface area contributed by atoms with Crippen molar-refractivity contribution in [2.24, 2.45) is 5.92 Å². The number of aliphatic hydroxyl groups is 1. The molecule has 0 aromatic carbocycles. The lowest BCUT2D eigenvalue weighted by atomic mass is 9.79. The second kappa shape index (κ2) is 8.18.